The van der Waals surface area contributed by atoms with Gasteiger partial charge in [-0.15, -0.1) is 0 Å². The van der Waals surface area contributed by atoms with Gasteiger partial charge in [-0.3, -0.25) is 4.57 Å². The Morgan fingerprint density at radius 2 is 2.05 bits per heavy atom. The lowest BCUT2D eigenvalue weighted by Gasteiger charge is -2.08. The van der Waals surface area contributed by atoms with E-state index in [1.165, 1.54) is 17.5 Å². The molecule has 0 bridgehead atoms. The van der Waals surface area contributed by atoms with Gasteiger partial charge in [0.2, 0.25) is 11.8 Å². The molecule has 0 aliphatic heterocycles. The van der Waals surface area contributed by atoms with Crippen LogP contribution in [0, 0.1) is 6.92 Å². The van der Waals surface area contributed by atoms with E-state index in [2.05, 4.69) is 34.0 Å². The molecular weight excluding hydrogens is 254 g/mol. The summed E-state index contributed by atoms with van der Waals surface area (Å²) in [5.74, 6) is 0.840. The van der Waals surface area contributed by atoms with Crippen LogP contribution in [0.1, 0.15) is 11.1 Å². The van der Waals surface area contributed by atoms with E-state index < -0.39 is 0 Å². The van der Waals surface area contributed by atoms with E-state index >= 15 is 0 Å². The molecule has 2 heterocycles. The fourth-order valence-electron chi connectivity index (χ4n) is 2.20. The number of nitrogens with zero attached hydrogens (tertiary/aromatic N) is 4. The third-order valence-electron chi connectivity index (χ3n) is 3.31. The number of anilines is 1. The quantitative estimate of drug-likeness (QED) is 0.784. The summed E-state index contributed by atoms with van der Waals surface area (Å²) in [6, 6.07) is 8.16. The molecule has 1 aromatic carbocycles. The lowest BCUT2D eigenvalue weighted by atomic mass is 10.1. The number of methoxy groups -OCH3 is 1. The first-order valence-corrected chi connectivity index (χ1v) is 6.26. The summed E-state index contributed by atoms with van der Waals surface area (Å²) in [7, 11) is 1.55. The molecule has 0 unspecified atom stereocenters. The lowest BCUT2D eigenvalue weighted by molar-refractivity contribution is 0.401. The van der Waals surface area contributed by atoms with Gasteiger partial charge in [-0.1, -0.05) is 24.3 Å². The molecule has 0 saturated heterocycles. The van der Waals surface area contributed by atoms with Gasteiger partial charge in [0.1, 0.15) is 6.33 Å². The third kappa shape index (κ3) is 1.95. The van der Waals surface area contributed by atoms with Crippen molar-refractivity contribution < 1.29 is 4.74 Å². The molecule has 0 saturated carbocycles. The van der Waals surface area contributed by atoms with Gasteiger partial charge in [-0.25, -0.2) is 9.97 Å². The number of imidazole rings is 1. The van der Waals surface area contributed by atoms with E-state index in [0.717, 1.165) is 0 Å². The van der Waals surface area contributed by atoms with Crippen molar-refractivity contribution in [3.63, 3.8) is 0 Å². The fraction of sp³-hybridized carbons (Fsp3) is 0.214. The van der Waals surface area contributed by atoms with E-state index in [4.69, 9.17) is 10.5 Å². The molecule has 0 radical (unpaired) electrons. The normalized spacial score (nSPS) is 10.9. The Kier molecular flexibility index (Phi) is 2.98. The number of benzene rings is 1. The number of hydrogen-bond acceptors (Lipinski definition) is 5. The van der Waals surface area contributed by atoms with E-state index in [0.29, 0.717) is 29.5 Å². The van der Waals surface area contributed by atoms with Crippen LogP contribution in [0.3, 0.4) is 0 Å². The van der Waals surface area contributed by atoms with Crippen LogP contribution in [-0.4, -0.2) is 26.6 Å². The van der Waals surface area contributed by atoms with Crippen molar-refractivity contribution in [3.05, 3.63) is 41.7 Å². The van der Waals surface area contributed by atoms with Crippen LogP contribution in [0.4, 0.5) is 5.95 Å². The molecule has 102 valence electrons. The van der Waals surface area contributed by atoms with Crippen LogP contribution < -0.4 is 10.5 Å². The molecule has 0 aliphatic carbocycles. The van der Waals surface area contributed by atoms with Gasteiger partial charge in [0.15, 0.2) is 11.2 Å². The molecular formula is C14H15N5O. The van der Waals surface area contributed by atoms with Crippen LogP contribution in [-0.2, 0) is 6.54 Å². The van der Waals surface area contributed by atoms with Gasteiger partial charge < -0.3 is 10.5 Å². The molecule has 0 atom stereocenters. The average molecular weight is 269 g/mol. The molecule has 0 aliphatic rings. The molecule has 3 aromatic rings. The zero-order valence-corrected chi connectivity index (χ0v) is 11.4. The predicted octanol–water partition coefficient (Wildman–Crippen LogP) is 1.77. The van der Waals surface area contributed by atoms with Crippen molar-refractivity contribution in [1.82, 2.24) is 19.5 Å². The Balaban J connectivity index is 2.13. The maximum Gasteiger partial charge on any atom is 0.245 e. The largest absolute Gasteiger partial charge is 0.479 e. The molecule has 2 aromatic heterocycles. The minimum absolute atomic E-state index is 0.405. The van der Waals surface area contributed by atoms with Crippen molar-refractivity contribution in [2.45, 2.75) is 13.5 Å². The predicted molar refractivity (Wildman–Crippen MR) is 76.6 cm³/mol. The molecule has 0 spiro atoms. The zero-order chi connectivity index (χ0) is 14.1. The molecule has 0 amide bonds. The molecule has 6 heteroatoms. The van der Waals surface area contributed by atoms with Crippen LogP contribution >= 0.6 is 0 Å². The number of aryl methyl sites for hydroxylation is 1. The molecule has 3 rings (SSSR count). The monoisotopic (exact) mass is 269 g/mol. The van der Waals surface area contributed by atoms with Crippen molar-refractivity contribution >= 4 is 17.1 Å². The van der Waals surface area contributed by atoms with Crippen LogP contribution in [0.5, 0.6) is 5.88 Å². The number of aromatic nitrogens is 4. The van der Waals surface area contributed by atoms with Crippen LogP contribution in [0.25, 0.3) is 11.2 Å². The van der Waals surface area contributed by atoms with E-state index in [1.54, 1.807) is 7.11 Å². The maximum atomic E-state index is 6.00. The Labute approximate surface area is 116 Å². The first kappa shape index (κ1) is 12.4. The van der Waals surface area contributed by atoms with Crippen molar-refractivity contribution in [3.8, 4) is 5.88 Å². The number of nitrogen functional groups attached to an aromatic ring is 1. The first-order chi connectivity index (χ1) is 9.70. The summed E-state index contributed by atoms with van der Waals surface area (Å²) >= 11 is 0. The topological polar surface area (TPSA) is 78.8 Å². The van der Waals surface area contributed by atoms with Crippen molar-refractivity contribution in [1.29, 1.82) is 0 Å². The second-order valence-corrected chi connectivity index (χ2v) is 4.54. The number of nitrogens with two attached hydrogens (primary N) is 1. The van der Waals surface area contributed by atoms with Gasteiger partial charge >= 0.3 is 0 Å². The van der Waals surface area contributed by atoms with Gasteiger partial charge in [0.05, 0.1) is 13.7 Å². The first-order valence-electron chi connectivity index (χ1n) is 6.26. The molecule has 6 nitrogen and oxygen atoms in total. The highest BCUT2D eigenvalue weighted by Crippen LogP contribution is 2.24. The Bertz CT molecular complexity index is 765. The third-order valence-corrected chi connectivity index (χ3v) is 3.31. The van der Waals surface area contributed by atoms with Gasteiger partial charge in [0.25, 0.3) is 0 Å². The van der Waals surface area contributed by atoms with Gasteiger partial charge in [0, 0.05) is 0 Å². The highest BCUT2D eigenvalue weighted by atomic mass is 16.5. The summed E-state index contributed by atoms with van der Waals surface area (Å²) in [5, 5.41) is 0. The van der Waals surface area contributed by atoms with E-state index in [-0.39, 0.29) is 0 Å². The Morgan fingerprint density at radius 1 is 1.25 bits per heavy atom. The van der Waals surface area contributed by atoms with E-state index in [9.17, 15) is 0 Å². The zero-order valence-electron chi connectivity index (χ0n) is 11.4. The average Bonchev–Trinajstić information content (AvgIpc) is 2.77. The second kappa shape index (κ2) is 4.80. The standard InChI is InChI=1S/C14H15N5O/c1-9-5-3-4-6-10(9)7-19-12-11(18-14(19)15)13(20-2)17-8-16-12/h3-6,8H,7H2,1-2H3,(H2,15,18). The van der Waals surface area contributed by atoms with Gasteiger partial charge in [-0.05, 0) is 18.1 Å². The summed E-state index contributed by atoms with van der Waals surface area (Å²) in [6.45, 7) is 2.69. The summed E-state index contributed by atoms with van der Waals surface area (Å²) in [5.41, 5.74) is 9.65. The number of fused-ring (bicyclic) bond motifs is 1. The van der Waals surface area contributed by atoms with E-state index in [1.807, 2.05) is 16.7 Å². The minimum atomic E-state index is 0.405. The Hall–Kier alpha value is -2.63. The summed E-state index contributed by atoms with van der Waals surface area (Å²) < 4.78 is 7.05. The number of hydrogen-bond donors (Lipinski definition) is 1. The SMILES string of the molecule is COc1ncnc2c1nc(N)n2Cc1ccccc1C. The van der Waals surface area contributed by atoms with Crippen LogP contribution in [0.2, 0.25) is 0 Å². The summed E-state index contributed by atoms with van der Waals surface area (Å²) in [6.07, 6.45) is 1.45. The van der Waals surface area contributed by atoms with Crippen molar-refractivity contribution in [2.24, 2.45) is 0 Å². The Morgan fingerprint density at radius 3 is 2.80 bits per heavy atom. The number of rotatable bonds is 3. The highest BCUT2D eigenvalue weighted by molar-refractivity contribution is 5.79. The van der Waals surface area contributed by atoms with Crippen molar-refractivity contribution in [2.75, 3.05) is 12.8 Å². The number of ether oxygens (including phenoxy) is 1. The molecule has 2 N–H and O–H groups in total. The van der Waals surface area contributed by atoms with Crippen LogP contribution in [0.15, 0.2) is 30.6 Å². The molecule has 0 fully saturated rings. The maximum absolute atomic E-state index is 6.00. The van der Waals surface area contributed by atoms with Gasteiger partial charge in [-0.2, -0.15) is 4.98 Å². The second-order valence-electron chi connectivity index (χ2n) is 4.54. The lowest BCUT2D eigenvalue weighted by Crippen LogP contribution is -2.06. The highest BCUT2D eigenvalue weighted by Gasteiger charge is 2.15. The summed E-state index contributed by atoms with van der Waals surface area (Å²) in [4.78, 5) is 12.6. The fourth-order valence-corrected chi connectivity index (χ4v) is 2.20. The molecule has 20 heavy (non-hydrogen) atoms. The minimum Gasteiger partial charge on any atom is -0.479 e. The smallest absolute Gasteiger partial charge is 0.245 e.